The van der Waals surface area contributed by atoms with E-state index >= 15 is 0 Å². The van der Waals surface area contributed by atoms with Crippen molar-refractivity contribution < 1.29 is 32.2 Å². The Morgan fingerprint density at radius 2 is 2.00 bits per heavy atom. The first-order chi connectivity index (χ1) is 12.1. The number of hydrogen-bond donors (Lipinski definition) is 1. The lowest BCUT2D eigenvalue weighted by Crippen LogP contribution is -2.53. The SMILES string of the molecule is Cc1ccc(CN2C[C@@H]3OCCN(C(C)C)[C@@H]3C2)o1.O=C(O)C(F)(F)F. The molecule has 2 atom stereocenters. The number of halogens is 3. The summed E-state index contributed by atoms with van der Waals surface area (Å²) in [5, 5.41) is 7.12. The molecule has 1 aromatic rings. The summed E-state index contributed by atoms with van der Waals surface area (Å²) >= 11 is 0. The minimum absolute atomic E-state index is 0.368. The first-order valence-corrected chi connectivity index (χ1v) is 8.53. The van der Waals surface area contributed by atoms with Crippen LogP contribution >= 0.6 is 0 Å². The number of morpholine rings is 1. The number of alkyl halides is 3. The van der Waals surface area contributed by atoms with E-state index in [9.17, 15) is 13.2 Å². The molecule has 1 aromatic heterocycles. The predicted octanol–water partition coefficient (Wildman–Crippen LogP) is 2.51. The number of ether oxygens (including phenoxy) is 1. The smallest absolute Gasteiger partial charge is 0.475 e. The number of aryl methyl sites for hydroxylation is 1. The molecule has 3 rings (SSSR count). The maximum absolute atomic E-state index is 10.6. The first-order valence-electron chi connectivity index (χ1n) is 8.53. The van der Waals surface area contributed by atoms with Crippen LogP contribution in [0.5, 0.6) is 0 Å². The van der Waals surface area contributed by atoms with Crippen molar-refractivity contribution >= 4 is 5.97 Å². The van der Waals surface area contributed by atoms with Crippen molar-refractivity contribution in [3.63, 3.8) is 0 Å². The van der Waals surface area contributed by atoms with Crippen LogP contribution in [-0.2, 0) is 16.1 Å². The standard InChI is InChI=1S/C15H24N2O2.C2HF3O2/c1-11(2)17-6-7-18-15-10-16(9-14(15)17)8-13-5-4-12(3)19-13;3-2(4,5)1(6)7/h4-5,11,14-15H,6-10H2,1-3H3;(H,6,7)/t14-,15+;/m1./s1. The molecule has 0 spiro atoms. The molecular weight excluding hydrogens is 353 g/mol. The maximum atomic E-state index is 10.6. The molecule has 0 saturated carbocycles. The molecule has 0 aliphatic carbocycles. The second-order valence-electron chi connectivity index (χ2n) is 6.82. The number of rotatable bonds is 3. The van der Waals surface area contributed by atoms with Gasteiger partial charge in [0, 0.05) is 25.7 Å². The van der Waals surface area contributed by atoms with Gasteiger partial charge in [-0.3, -0.25) is 9.80 Å². The number of carboxylic acid groups (broad SMARTS) is 1. The van der Waals surface area contributed by atoms with Crippen LogP contribution in [0.2, 0.25) is 0 Å². The van der Waals surface area contributed by atoms with Crippen molar-refractivity contribution in [3.8, 4) is 0 Å². The molecule has 9 heteroatoms. The van der Waals surface area contributed by atoms with Gasteiger partial charge in [0.1, 0.15) is 11.5 Å². The fraction of sp³-hybridized carbons (Fsp3) is 0.706. The van der Waals surface area contributed by atoms with Crippen LogP contribution in [0.15, 0.2) is 16.5 Å². The molecular formula is C17H25F3N2O4. The largest absolute Gasteiger partial charge is 0.490 e. The summed E-state index contributed by atoms with van der Waals surface area (Å²) in [7, 11) is 0. The Balaban J connectivity index is 0.000000298. The van der Waals surface area contributed by atoms with E-state index in [1.54, 1.807) is 0 Å². The zero-order chi connectivity index (χ0) is 19.5. The van der Waals surface area contributed by atoms with Gasteiger partial charge in [0.25, 0.3) is 0 Å². The third-order valence-corrected chi connectivity index (χ3v) is 4.50. The topological polar surface area (TPSA) is 66.2 Å². The normalized spacial score (nSPS) is 24.3. The van der Waals surface area contributed by atoms with Crippen LogP contribution in [0, 0.1) is 6.92 Å². The van der Waals surface area contributed by atoms with E-state index in [4.69, 9.17) is 19.1 Å². The van der Waals surface area contributed by atoms with Crippen molar-refractivity contribution in [2.24, 2.45) is 0 Å². The molecule has 0 aromatic carbocycles. The van der Waals surface area contributed by atoms with Crippen LogP contribution in [0.3, 0.4) is 0 Å². The Kier molecular flexibility index (Phi) is 6.70. The number of fused-ring (bicyclic) bond motifs is 1. The molecule has 2 saturated heterocycles. The lowest BCUT2D eigenvalue weighted by atomic mass is 10.1. The lowest BCUT2D eigenvalue weighted by molar-refractivity contribution is -0.192. The zero-order valence-electron chi connectivity index (χ0n) is 15.1. The molecule has 0 unspecified atom stereocenters. The molecule has 0 bridgehead atoms. The fourth-order valence-corrected chi connectivity index (χ4v) is 3.35. The van der Waals surface area contributed by atoms with Gasteiger partial charge in [-0.05, 0) is 32.9 Å². The van der Waals surface area contributed by atoms with Gasteiger partial charge in [0.05, 0.1) is 25.3 Å². The van der Waals surface area contributed by atoms with Crippen molar-refractivity contribution in [3.05, 3.63) is 23.7 Å². The van der Waals surface area contributed by atoms with E-state index in [1.165, 1.54) is 0 Å². The minimum Gasteiger partial charge on any atom is -0.475 e. The summed E-state index contributed by atoms with van der Waals surface area (Å²) in [6.07, 6.45) is -4.72. The van der Waals surface area contributed by atoms with E-state index in [0.29, 0.717) is 18.2 Å². The molecule has 2 aliphatic heterocycles. The lowest BCUT2D eigenvalue weighted by Gasteiger charge is -2.39. The monoisotopic (exact) mass is 378 g/mol. The van der Waals surface area contributed by atoms with Gasteiger partial charge in [-0.25, -0.2) is 4.79 Å². The zero-order valence-corrected chi connectivity index (χ0v) is 15.1. The number of hydrogen-bond acceptors (Lipinski definition) is 5. The first kappa shape index (κ1) is 20.7. The summed E-state index contributed by atoms with van der Waals surface area (Å²) in [6, 6.07) is 5.26. The van der Waals surface area contributed by atoms with E-state index in [1.807, 2.05) is 13.0 Å². The highest BCUT2D eigenvalue weighted by atomic mass is 19.4. The van der Waals surface area contributed by atoms with Crippen molar-refractivity contribution in [2.75, 3.05) is 26.2 Å². The van der Waals surface area contributed by atoms with Crippen molar-refractivity contribution in [1.29, 1.82) is 0 Å². The molecule has 1 N–H and O–H groups in total. The van der Waals surface area contributed by atoms with E-state index in [2.05, 4.69) is 29.7 Å². The highest BCUT2D eigenvalue weighted by Gasteiger charge is 2.41. The molecule has 3 heterocycles. The molecule has 6 nitrogen and oxygen atoms in total. The summed E-state index contributed by atoms with van der Waals surface area (Å²) in [5.74, 6) is -0.702. The van der Waals surface area contributed by atoms with Gasteiger partial charge in [-0.2, -0.15) is 13.2 Å². The number of nitrogens with zero attached hydrogens (tertiary/aromatic N) is 2. The van der Waals surface area contributed by atoms with Crippen LogP contribution in [0.4, 0.5) is 13.2 Å². The van der Waals surface area contributed by atoms with Gasteiger partial charge in [0.2, 0.25) is 0 Å². The third kappa shape index (κ3) is 5.46. The Morgan fingerprint density at radius 1 is 1.35 bits per heavy atom. The van der Waals surface area contributed by atoms with Gasteiger partial charge in [0.15, 0.2) is 0 Å². The van der Waals surface area contributed by atoms with Crippen LogP contribution in [0.1, 0.15) is 25.4 Å². The van der Waals surface area contributed by atoms with Gasteiger partial charge in [-0.1, -0.05) is 0 Å². The van der Waals surface area contributed by atoms with Crippen molar-refractivity contribution in [1.82, 2.24) is 9.80 Å². The van der Waals surface area contributed by atoms with Gasteiger partial charge < -0.3 is 14.3 Å². The van der Waals surface area contributed by atoms with E-state index in [0.717, 1.165) is 44.3 Å². The maximum Gasteiger partial charge on any atom is 0.490 e. The van der Waals surface area contributed by atoms with Gasteiger partial charge >= 0.3 is 12.1 Å². The summed E-state index contributed by atoms with van der Waals surface area (Å²) < 4.78 is 43.4. The number of furan rings is 1. The minimum atomic E-state index is -5.08. The second kappa shape index (κ2) is 8.41. The summed E-state index contributed by atoms with van der Waals surface area (Å²) in [4.78, 5) is 13.9. The molecule has 26 heavy (non-hydrogen) atoms. The third-order valence-electron chi connectivity index (χ3n) is 4.50. The van der Waals surface area contributed by atoms with Crippen LogP contribution in [0.25, 0.3) is 0 Å². The highest BCUT2D eigenvalue weighted by Crippen LogP contribution is 2.26. The molecule has 0 radical (unpaired) electrons. The Bertz CT molecular complexity index is 603. The summed E-state index contributed by atoms with van der Waals surface area (Å²) in [5.41, 5.74) is 0. The Morgan fingerprint density at radius 3 is 2.50 bits per heavy atom. The molecule has 0 amide bonds. The Labute approximate surface area is 150 Å². The second-order valence-corrected chi connectivity index (χ2v) is 6.82. The molecule has 148 valence electrons. The number of carboxylic acids is 1. The van der Waals surface area contributed by atoms with Crippen LogP contribution < -0.4 is 0 Å². The molecule has 2 aliphatic rings. The average molecular weight is 378 g/mol. The van der Waals surface area contributed by atoms with Gasteiger partial charge in [-0.15, -0.1) is 0 Å². The highest BCUT2D eigenvalue weighted by molar-refractivity contribution is 5.73. The quantitative estimate of drug-likeness (QED) is 0.872. The number of carbonyl (C=O) groups is 1. The Hall–Kier alpha value is -1.58. The average Bonchev–Trinajstić information content (AvgIpc) is 3.12. The number of aliphatic carboxylic acids is 1. The summed E-state index contributed by atoms with van der Waals surface area (Å²) in [6.45, 7) is 11.5. The van der Waals surface area contributed by atoms with E-state index < -0.39 is 12.1 Å². The predicted molar refractivity (Wildman–Crippen MR) is 87.8 cm³/mol. The molecule has 2 fully saturated rings. The number of likely N-dealkylation sites (tertiary alicyclic amines) is 1. The van der Waals surface area contributed by atoms with E-state index in [-0.39, 0.29) is 0 Å². The van der Waals surface area contributed by atoms with Crippen LogP contribution in [-0.4, -0.2) is 71.5 Å². The van der Waals surface area contributed by atoms with Crippen molar-refractivity contribution in [2.45, 2.75) is 51.7 Å². The fourth-order valence-electron chi connectivity index (χ4n) is 3.35.